The van der Waals surface area contributed by atoms with Crippen LogP contribution in [-0.2, 0) is 26.6 Å². The zero-order valence-electron chi connectivity index (χ0n) is 16.0. The Morgan fingerprint density at radius 2 is 1.20 bits per heavy atom. The molecule has 25 heavy (non-hydrogen) atoms. The quantitative estimate of drug-likeness (QED) is 0.439. The summed E-state index contributed by atoms with van der Waals surface area (Å²) in [6, 6.07) is 8.10. The van der Waals surface area contributed by atoms with Gasteiger partial charge in [0.1, 0.15) is 0 Å². The highest BCUT2D eigenvalue weighted by Crippen LogP contribution is 2.13. The van der Waals surface area contributed by atoms with E-state index in [1.165, 1.54) is 0 Å². The van der Waals surface area contributed by atoms with Gasteiger partial charge in [0, 0.05) is 59.6 Å². The van der Waals surface area contributed by atoms with Crippen LogP contribution in [0.5, 0.6) is 0 Å². The first-order chi connectivity index (χ1) is 11.9. The van der Waals surface area contributed by atoms with Gasteiger partial charge >= 0.3 is 17.6 Å². The monoisotopic (exact) mass is 392 g/mol. The van der Waals surface area contributed by atoms with Crippen molar-refractivity contribution in [3.05, 3.63) is 24.3 Å². The van der Waals surface area contributed by atoms with Crippen LogP contribution in [0.3, 0.4) is 0 Å². The van der Waals surface area contributed by atoms with E-state index in [1.807, 2.05) is 12.1 Å². The van der Waals surface area contributed by atoms with Gasteiger partial charge in [-0.3, -0.25) is 0 Å². The van der Waals surface area contributed by atoms with E-state index in [0.29, 0.717) is 12.2 Å². The largest absolute Gasteiger partial charge is 0.536 e. The SMILES string of the molecule is CO[Si](CCCN)(OC)OC.CO[Si](OC)(OC)c1ccc(N)cc1. The second-order valence-electron chi connectivity index (χ2n) is 4.98. The summed E-state index contributed by atoms with van der Waals surface area (Å²) in [5, 5.41) is 0.902. The fraction of sp³-hybridized carbons (Fsp3) is 0.600. The number of nitrogens with two attached hydrogens (primary N) is 2. The highest BCUT2D eigenvalue weighted by molar-refractivity contribution is 6.75. The Labute approximate surface area is 153 Å². The van der Waals surface area contributed by atoms with E-state index in [-0.39, 0.29) is 0 Å². The Balaban J connectivity index is 0.000000477. The lowest BCUT2D eigenvalue weighted by Crippen LogP contribution is -2.54. The zero-order chi connectivity index (χ0) is 19.3. The second kappa shape index (κ2) is 12.5. The minimum Gasteiger partial charge on any atom is -0.399 e. The maximum atomic E-state index is 5.59. The number of anilines is 1. The van der Waals surface area contributed by atoms with Crippen molar-refractivity contribution in [2.75, 3.05) is 54.9 Å². The summed E-state index contributed by atoms with van der Waals surface area (Å²) in [6.45, 7) is 0.644. The van der Waals surface area contributed by atoms with E-state index in [0.717, 1.165) is 17.7 Å². The van der Waals surface area contributed by atoms with Crippen LogP contribution in [0, 0.1) is 0 Å². The topological polar surface area (TPSA) is 107 Å². The average Bonchev–Trinajstić information content (AvgIpc) is 2.67. The number of nitrogen functional groups attached to an aromatic ring is 1. The van der Waals surface area contributed by atoms with Crippen molar-refractivity contribution < 1.29 is 26.6 Å². The zero-order valence-corrected chi connectivity index (χ0v) is 18.0. The normalized spacial score (nSPS) is 11.8. The predicted molar refractivity (Wildman–Crippen MR) is 103 cm³/mol. The molecule has 0 aliphatic rings. The Hall–Kier alpha value is -0.826. The van der Waals surface area contributed by atoms with Crippen LogP contribution >= 0.6 is 0 Å². The summed E-state index contributed by atoms with van der Waals surface area (Å²) in [5.74, 6) is 0. The molecule has 0 radical (unpaired) electrons. The van der Waals surface area contributed by atoms with E-state index >= 15 is 0 Å². The standard InChI is InChI=1S/C9H15NO3Si.C6H17NO3Si/c1-11-14(12-2,13-3)9-6-4-8(10)5-7-9;1-8-11(9-2,10-3)6-4-5-7/h4-7H,10H2,1-3H3;4-7H2,1-3H3. The van der Waals surface area contributed by atoms with Gasteiger partial charge < -0.3 is 38.0 Å². The molecule has 0 saturated carbocycles. The maximum absolute atomic E-state index is 5.59. The van der Waals surface area contributed by atoms with Crippen LogP contribution in [0.4, 0.5) is 5.69 Å². The molecule has 0 amide bonds. The molecular weight excluding hydrogens is 360 g/mol. The van der Waals surface area contributed by atoms with E-state index in [4.69, 9.17) is 38.0 Å². The van der Waals surface area contributed by atoms with Crippen molar-refractivity contribution in [2.45, 2.75) is 12.5 Å². The highest BCUT2D eigenvalue weighted by atomic mass is 28.4. The van der Waals surface area contributed by atoms with Crippen molar-refractivity contribution in [1.82, 2.24) is 0 Å². The maximum Gasteiger partial charge on any atom is 0.536 e. The van der Waals surface area contributed by atoms with Gasteiger partial charge in [-0.25, -0.2) is 0 Å². The van der Waals surface area contributed by atoms with Crippen molar-refractivity contribution in [3.8, 4) is 0 Å². The summed E-state index contributed by atoms with van der Waals surface area (Å²) >= 11 is 0. The lowest BCUT2D eigenvalue weighted by molar-refractivity contribution is 0.123. The fourth-order valence-corrected chi connectivity index (χ4v) is 5.70. The lowest BCUT2D eigenvalue weighted by atomic mass is 10.3. The smallest absolute Gasteiger partial charge is 0.399 e. The first-order valence-electron chi connectivity index (χ1n) is 7.80. The van der Waals surface area contributed by atoms with Crippen LogP contribution < -0.4 is 16.7 Å². The van der Waals surface area contributed by atoms with Gasteiger partial charge in [0.25, 0.3) is 0 Å². The minimum atomic E-state index is -2.67. The first-order valence-corrected chi connectivity index (χ1v) is 11.5. The third-order valence-corrected chi connectivity index (χ3v) is 9.18. The Morgan fingerprint density at radius 3 is 1.52 bits per heavy atom. The molecule has 0 spiro atoms. The van der Waals surface area contributed by atoms with E-state index < -0.39 is 17.6 Å². The molecule has 0 heterocycles. The second-order valence-corrected chi connectivity index (χ2v) is 11.0. The van der Waals surface area contributed by atoms with E-state index in [9.17, 15) is 0 Å². The van der Waals surface area contributed by atoms with E-state index in [2.05, 4.69) is 0 Å². The molecule has 4 N–H and O–H groups in total. The van der Waals surface area contributed by atoms with Gasteiger partial charge in [-0.1, -0.05) is 12.1 Å². The average molecular weight is 393 g/mol. The van der Waals surface area contributed by atoms with Crippen molar-refractivity contribution in [1.29, 1.82) is 0 Å². The minimum absolute atomic E-state index is 0.644. The molecule has 0 aromatic heterocycles. The summed E-state index contributed by atoms with van der Waals surface area (Å²) in [7, 11) is 4.57. The van der Waals surface area contributed by atoms with Gasteiger partial charge in [0.15, 0.2) is 0 Å². The third-order valence-electron chi connectivity index (χ3n) is 3.69. The molecule has 0 aliphatic heterocycles. The molecule has 0 unspecified atom stereocenters. The first kappa shape index (κ1) is 24.2. The summed E-state index contributed by atoms with van der Waals surface area (Å²) in [6.07, 6.45) is 0.877. The molecule has 8 nitrogen and oxygen atoms in total. The number of rotatable bonds is 10. The van der Waals surface area contributed by atoms with Gasteiger partial charge in [-0.2, -0.15) is 0 Å². The molecule has 10 heteroatoms. The van der Waals surface area contributed by atoms with Crippen LogP contribution in [-0.4, -0.2) is 66.8 Å². The number of hydrogen-bond acceptors (Lipinski definition) is 8. The molecule has 0 atom stereocenters. The van der Waals surface area contributed by atoms with Crippen molar-refractivity contribution in [2.24, 2.45) is 5.73 Å². The molecular formula is C15H32N2O6Si2. The number of benzene rings is 1. The van der Waals surface area contributed by atoms with Crippen molar-refractivity contribution in [3.63, 3.8) is 0 Å². The summed E-state index contributed by atoms with van der Waals surface area (Å²) in [5.41, 5.74) is 11.7. The van der Waals surface area contributed by atoms with Crippen LogP contribution in [0.2, 0.25) is 6.04 Å². The van der Waals surface area contributed by atoms with Crippen LogP contribution in [0.15, 0.2) is 24.3 Å². The molecule has 0 fully saturated rings. The summed E-state index contributed by atoms with van der Waals surface area (Å²) in [4.78, 5) is 0. The van der Waals surface area contributed by atoms with E-state index in [1.54, 1.807) is 54.8 Å². The molecule has 0 saturated heterocycles. The number of hydrogen-bond donors (Lipinski definition) is 2. The van der Waals surface area contributed by atoms with Gasteiger partial charge in [-0.05, 0) is 25.1 Å². The van der Waals surface area contributed by atoms with Gasteiger partial charge in [0.05, 0.1) is 0 Å². The van der Waals surface area contributed by atoms with Crippen LogP contribution in [0.25, 0.3) is 0 Å². The lowest BCUT2D eigenvalue weighted by Gasteiger charge is -2.24. The molecule has 1 rings (SSSR count). The Kier molecular flexibility index (Phi) is 12.1. The molecule has 1 aromatic carbocycles. The van der Waals surface area contributed by atoms with Crippen LogP contribution in [0.1, 0.15) is 6.42 Å². The Bertz CT molecular complexity index is 439. The highest BCUT2D eigenvalue weighted by Gasteiger charge is 2.40. The fourth-order valence-electron chi connectivity index (χ4n) is 2.17. The molecule has 0 aliphatic carbocycles. The molecule has 146 valence electrons. The van der Waals surface area contributed by atoms with Gasteiger partial charge in [0.2, 0.25) is 0 Å². The van der Waals surface area contributed by atoms with Gasteiger partial charge in [-0.15, -0.1) is 0 Å². The summed E-state index contributed by atoms with van der Waals surface area (Å²) < 4.78 is 31.5. The molecule has 1 aromatic rings. The van der Waals surface area contributed by atoms with Crippen molar-refractivity contribution >= 4 is 28.5 Å². The predicted octanol–water partition coefficient (Wildman–Crippen LogP) is 0.567. The molecule has 0 bridgehead atoms. The third kappa shape index (κ3) is 7.13. The Morgan fingerprint density at radius 1 is 0.760 bits per heavy atom.